The second-order valence-corrected chi connectivity index (χ2v) is 6.99. The lowest BCUT2D eigenvalue weighted by Crippen LogP contribution is -2.44. The molecule has 0 bridgehead atoms. The molecule has 0 aliphatic carbocycles. The third-order valence-electron chi connectivity index (χ3n) is 4.84. The minimum absolute atomic E-state index is 0.143. The second-order valence-electron chi connectivity index (χ2n) is 6.99. The number of hydrogen-bond donors (Lipinski definition) is 1. The topological polar surface area (TPSA) is 75.4 Å². The molecule has 2 aromatic heterocycles. The number of nitrogens with one attached hydrogen (secondary N) is 1. The number of nitrogens with zero attached hydrogens (tertiary/aromatic N) is 2. The molecule has 7 heteroatoms. The molecule has 0 saturated heterocycles. The third kappa shape index (κ3) is 4.73. The predicted octanol–water partition coefficient (Wildman–Crippen LogP) is 4.52. The number of amides is 2. The molecule has 0 radical (unpaired) electrons. The van der Waals surface area contributed by atoms with Crippen LogP contribution in [0.5, 0.6) is 0 Å². The smallest absolute Gasteiger partial charge is 0.277 e. The summed E-state index contributed by atoms with van der Waals surface area (Å²) in [6.45, 7) is 0.270. The van der Waals surface area contributed by atoms with Gasteiger partial charge in [-0.2, -0.15) is 0 Å². The molecule has 0 spiro atoms. The second kappa shape index (κ2) is 9.70. The molecule has 2 heterocycles. The molecule has 2 amide bonds. The first-order valence-electron chi connectivity index (χ1n) is 9.98. The van der Waals surface area contributed by atoms with Crippen LogP contribution >= 0.6 is 0 Å². The number of rotatable bonds is 7. The van der Waals surface area contributed by atoms with Crippen molar-refractivity contribution in [2.75, 3.05) is 4.90 Å². The average molecular weight is 429 g/mol. The zero-order chi connectivity index (χ0) is 22.3. The van der Waals surface area contributed by atoms with Crippen molar-refractivity contribution in [3.63, 3.8) is 0 Å². The van der Waals surface area contributed by atoms with E-state index < -0.39 is 23.7 Å². The minimum Gasteiger partial charge on any atom is -0.467 e. The molecule has 4 aromatic rings. The Balaban J connectivity index is 1.73. The van der Waals surface area contributed by atoms with Gasteiger partial charge in [-0.3, -0.25) is 19.5 Å². The van der Waals surface area contributed by atoms with Gasteiger partial charge in [-0.1, -0.05) is 36.4 Å². The Morgan fingerprint density at radius 1 is 0.938 bits per heavy atom. The van der Waals surface area contributed by atoms with Crippen molar-refractivity contribution in [2.45, 2.75) is 12.6 Å². The van der Waals surface area contributed by atoms with Crippen molar-refractivity contribution in [1.82, 2.24) is 10.3 Å². The van der Waals surface area contributed by atoms with Gasteiger partial charge in [0.25, 0.3) is 11.8 Å². The van der Waals surface area contributed by atoms with Crippen LogP contribution in [-0.2, 0) is 11.3 Å². The number of anilines is 1. The fourth-order valence-electron chi connectivity index (χ4n) is 3.30. The maximum Gasteiger partial charge on any atom is 0.277 e. The molecular formula is C25H20FN3O3. The van der Waals surface area contributed by atoms with Crippen LogP contribution in [0.2, 0.25) is 0 Å². The summed E-state index contributed by atoms with van der Waals surface area (Å²) < 4.78 is 19.1. The van der Waals surface area contributed by atoms with E-state index in [2.05, 4.69) is 10.3 Å². The van der Waals surface area contributed by atoms with E-state index in [1.54, 1.807) is 30.3 Å². The lowest BCUT2D eigenvalue weighted by Gasteiger charge is -2.29. The van der Waals surface area contributed by atoms with Gasteiger partial charge in [0.05, 0.1) is 6.26 Å². The van der Waals surface area contributed by atoms with Gasteiger partial charge in [0.1, 0.15) is 17.3 Å². The van der Waals surface area contributed by atoms with E-state index in [-0.39, 0.29) is 18.0 Å². The lowest BCUT2D eigenvalue weighted by molar-refractivity contribution is -0.123. The highest BCUT2D eigenvalue weighted by molar-refractivity contribution is 6.08. The average Bonchev–Trinajstić information content (AvgIpc) is 3.37. The van der Waals surface area contributed by atoms with Crippen molar-refractivity contribution in [3.8, 4) is 0 Å². The number of furan rings is 1. The molecule has 1 N–H and O–H groups in total. The van der Waals surface area contributed by atoms with Crippen molar-refractivity contribution in [1.29, 1.82) is 0 Å². The zero-order valence-electron chi connectivity index (χ0n) is 17.0. The standard InChI is InChI=1S/C25H20FN3O3/c26-19-11-13-20(14-12-19)29(25(31)21-9-4-5-15-27-21)23(22-10-6-16-32-22)24(30)28-17-18-7-2-1-3-8-18/h1-16,23H,17H2,(H,28,30)/t23-/m1/s1. The maximum absolute atomic E-state index is 13.6. The highest BCUT2D eigenvalue weighted by atomic mass is 19.1. The highest BCUT2D eigenvalue weighted by Crippen LogP contribution is 2.30. The van der Waals surface area contributed by atoms with E-state index in [1.807, 2.05) is 30.3 Å². The Bertz CT molecular complexity index is 1160. The first-order chi connectivity index (χ1) is 15.6. The van der Waals surface area contributed by atoms with Crippen LogP contribution in [0.15, 0.2) is 102 Å². The van der Waals surface area contributed by atoms with E-state index in [0.29, 0.717) is 5.69 Å². The summed E-state index contributed by atoms with van der Waals surface area (Å²) in [5.41, 5.74) is 1.38. The molecule has 2 aromatic carbocycles. The number of hydrogen-bond acceptors (Lipinski definition) is 4. The molecule has 160 valence electrons. The van der Waals surface area contributed by atoms with Crippen molar-refractivity contribution in [3.05, 3.63) is 120 Å². The summed E-state index contributed by atoms with van der Waals surface area (Å²) in [7, 11) is 0. The van der Waals surface area contributed by atoms with Gasteiger partial charge in [0, 0.05) is 18.4 Å². The lowest BCUT2D eigenvalue weighted by atomic mass is 10.1. The Kier molecular flexibility index (Phi) is 6.36. The molecule has 32 heavy (non-hydrogen) atoms. The summed E-state index contributed by atoms with van der Waals surface area (Å²) in [4.78, 5) is 32.3. The van der Waals surface area contributed by atoms with Gasteiger partial charge in [0.2, 0.25) is 0 Å². The molecule has 4 rings (SSSR count). The summed E-state index contributed by atoms with van der Waals surface area (Å²) >= 11 is 0. The molecule has 0 fully saturated rings. The van der Waals surface area contributed by atoms with Crippen LogP contribution in [0.4, 0.5) is 10.1 Å². The van der Waals surface area contributed by atoms with Crippen LogP contribution in [-0.4, -0.2) is 16.8 Å². The van der Waals surface area contributed by atoms with Gasteiger partial charge in [-0.15, -0.1) is 0 Å². The normalized spacial score (nSPS) is 11.5. The van der Waals surface area contributed by atoms with Gasteiger partial charge < -0.3 is 9.73 Å². The molecule has 1 atom stereocenters. The Morgan fingerprint density at radius 2 is 1.69 bits per heavy atom. The zero-order valence-corrected chi connectivity index (χ0v) is 17.0. The number of benzene rings is 2. The van der Waals surface area contributed by atoms with Gasteiger partial charge >= 0.3 is 0 Å². The highest BCUT2D eigenvalue weighted by Gasteiger charge is 2.35. The van der Waals surface area contributed by atoms with E-state index in [0.717, 1.165) is 5.56 Å². The van der Waals surface area contributed by atoms with E-state index in [9.17, 15) is 14.0 Å². The molecular weight excluding hydrogens is 409 g/mol. The summed E-state index contributed by atoms with van der Waals surface area (Å²) in [6.07, 6.45) is 2.92. The maximum atomic E-state index is 13.6. The summed E-state index contributed by atoms with van der Waals surface area (Å²) in [5.74, 6) is -1.16. The van der Waals surface area contributed by atoms with Crippen LogP contribution < -0.4 is 10.2 Å². The van der Waals surface area contributed by atoms with Gasteiger partial charge in [-0.25, -0.2) is 4.39 Å². The third-order valence-corrected chi connectivity index (χ3v) is 4.84. The van der Waals surface area contributed by atoms with Crippen molar-refractivity contribution < 1.29 is 18.4 Å². The predicted molar refractivity (Wildman–Crippen MR) is 117 cm³/mol. The fourth-order valence-corrected chi connectivity index (χ4v) is 3.30. The molecule has 0 saturated carbocycles. The van der Waals surface area contributed by atoms with Crippen LogP contribution in [0.1, 0.15) is 27.9 Å². The van der Waals surface area contributed by atoms with Crippen molar-refractivity contribution in [2.24, 2.45) is 0 Å². The Hall–Kier alpha value is -4.26. The van der Waals surface area contributed by atoms with Gasteiger partial charge in [-0.05, 0) is 54.1 Å². The molecule has 0 aliphatic rings. The van der Waals surface area contributed by atoms with Crippen molar-refractivity contribution >= 4 is 17.5 Å². The molecule has 0 unspecified atom stereocenters. The SMILES string of the molecule is O=C(NCc1ccccc1)[C@@H](c1ccco1)N(C(=O)c1ccccn1)c1ccc(F)cc1. The summed E-state index contributed by atoms with van der Waals surface area (Å²) in [6, 6.07) is 21.8. The van der Waals surface area contributed by atoms with Gasteiger partial charge in [0.15, 0.2) is 6.04 Å². The first kappa shape index (κ1) is 21.0. The number of carbonyl (C=O) groups excluding carboxylic acids is 2. The number of aromatic nitrogens is 1. The quantitative estimate of drug-likeness (QED) is 0.469. The minimum atomic E-state index is -1.13. The Morgan fingerprint density at radius 3 is 2.34 bits per heavy atom. The monoisotopic (exact) mass is 429 g/mol. The first-order valence-corrected chi connectivity index (χ1v) is 9.98. The van der Waals surface area contributed by atoms with E-state index in [1.165, 1.54) is 41.6 Å². The van der Waals surface area contributed by atoms with E-state index in [4.69, 9.17) is 4.42 Å². The number of pyridine rings is 1. The number of carbonyl (C=O) groups is 2. The largest absolute Gasteiger partial charge is 0.467 e. The summed E-state index contributed by atoms with van der Waals surface area (Å²) in [5, 5.41) is 2.87. The Labute approximate surface area is 184 Å². The van der Waals surface area contributed by atoms with Crippen LogP contribution in [0, 0.1) is 5.82 Å². The molecule has 6 nitrogen and oxygen atoms in total. The van der Waals surface area contributed by atoms with Crippen LogP contribution in [0.3, 0.4) is 0 Å². The fraction of sp³-hybridized carbons (Fsp3) is 0.0800. The van der Waals surface area contributed by atoms with Crippen LogP contribution in [0.25, 0.3) is 0 Å². The number of halogens is 1. The molecule has 0 aliphatic heterocycles. The van der Waals surface area contributed by atoms with E-state index >= 15 is 0 Å².